The number of hydrazine groups is 1. The lowest BCUT2D eigenvalue weighted by Crippen LogP contribution is -2.40. The summed E-state index contributed by atoms with van der Waals surface area (Å²) in [5.41, 5.74) is 2.09. The second-order valence-corrected chi connectivity index (χ2v) is 3.11. The SMILES string of the molecule is CN(C)CCN(C)CC(=O)NN. The third-order valence-corrected chi connectivity index (χ3v) is 1.50. The second kappa shape index (κ2) is 5.93. The van der Waals surface area contributed by atoms with Gasteiger partial charge in [0.05, 0.1) is 6.54 Å². The van der Waals surface area contributed by atoms with Gasteiger partial charge in [0.15, 0.2) is 0 Å². The minimum absolute atomic E-state index is 0.156. The van der Waals surface area contributed by atoms with Crippen molar-refractivity contribution in [1.82, 2.24) is 15.2 Å². The van der Waals surface area contributed by atoms with E-state index in [0.717, 1.165) is 13.1 Å². The Balaban J connectivity index is 3.45. The average molecular weight is 174 g/mol. The molecule has 0 aliphatic carbocycles. The lowest BCUT2D eigenvalue weighted by molar-refractivity contribution is -0.122. The number of carbonyl (C=O) groups is 1. The van der Waals surface area contributed by atoms with Gasteiger partial charge in [-0.2, -0.15) is 0 Å². The van der Waals surface area contributed by atoms with Gasteiger partial charge in [0.25, 0.3) is 0 Å². The van der Waals surface area contributed by atoms with Crippen LogP contribution in [0.1, 0.15) is 0 Å². The minimum Gasteiger partial charge on any atom is -0.308 e. The zero-order valence-corrected chi connectivity index (χ0v) is 8.00. The van der Waals surface area contributed by atoms with Crippen LogP contribution in [0, 0.1) is 0 Å². The first kappa shape index (κ1) is 11.4. The Morgan fingerprint density at radius 1 is 1.33 bits per heavy atom. The third-order valence-electron chi connectivity index (χ3n) is 1.50. The molecule has 72 valence electrons. The lowest BCUT2D eigenvalue weighted by Gasteiger charge is -2.17. The van der Waals surface area contributed by atoms with Gasteiger partial charge in [-0.15, -0.1) is 0 Å². The lowest BCUT2D eigenvalue weighted by atomic mass is 10.5. The predicted molar refractivity (Wildman–Crippen MR) is 48.4 cm³/mol. The molecule has 0 heterocycles. The molecule has 1 amide bonds. The molecule has 0 aliphatic rings. The topological polar surface area (TPSA) is 61.6 Å². The Kier molecular flexibility index (Phi) is 5.61. The van der Waals surface area contributed by atoms with Crippen molar-refractivity contribution >= 4 is 5.91 Å². The minimum atomic E-state index is -0.156. The van der Waals surface area contributed by atoms with E-state index in [1.54, 1.807) is 0 Å². The number of carbonyl (C=O) groups excluding carboxylic acids is 1. The van der Waals surface area contributed by atoms with E-state index in [-0.39, 0.29) is 5.91 Å². The van der Waals surface area contributed by atoms with Crippen LogP contribution in [0.5, 0.6) is 0 Å². The van der Waals surface area contributed by atoms with Crippen LogP contribution in [0.15, 0.2) is 0 Å². The molecule has 0 saturated heterocycles. The summed E-state index contributed by atoms with van der Waals surface area (Å²) in [5, 5.41) is 0. The van der Waals surface area contributed by atoms with Crippen LogP contribution in [0.2, 0.25) is 0 Å². The zero-order valence-electron chi connectivity index (χ0n) is 8.00. The highest BCUT2D eigenvalue weighted by Crippen LogP contribution is 1.82. The molecule has 0 aromatic heterocycles. The molecule has 0 radical (unpaired) electrons. The first-order valence-corrected chi connectivity index (χ1v) is 3.89. The summed E-state index contributed by atoms with van der Waals surface area (Å²) < 4.78 is 0. The van der Waals surface area contributed by atoms with Gasteiger partial charge < -0.3 is 4.90 Å². The Labute approximate surface area is 73.5 Å². The Morgan fingerprint density at radius 2 is 1.92 bits per heavy atom. The summed E-state index contributed by atoms with van der Waals surface area (Å²) in [6, 6.07) is 0. The van der Waals surface area contributed by atoms with Gasteiger partial charge in [-0.3, -0.25) is 15.1 Å². The summed E-state index contributed by atoms with van der Waals surface area (Å²) in [4.78, 5) is 14.8. The largest absolute Gasteiger partial charge is 0.308 e. The smallest absolute Gasteiger partial charge is 0.248 e. The number of rotatable bonds is 5. The molecular weight excluding hydrogens is 156 g/mol. The molecule has 0 bridgehead atoms. The van der Waals surface area contributed by atoms with Crippen molar-refractivity contribution in [2.24, 2.45) is 5.84 Å². The predicted octanol–water partition coefficient (Wildman–Crippen LogP) is -1.53. The first-order chi connectivity index (χ1) is 5.56. The van der Waals surface area contributed by atoms with Crippen molar-refractivity contribution in [1.29, 1.82) is 0 Å². The Bertz CT molecular complexity index is 137. The fourth-order valence-corrected chi connectivity index (χ4v) is 0.741. The molecule has 0 aromatic carbocycles. The fraction of sp³-hybridized carbons (Fsp3) is 0.857. The zero-order chi connectivity index (χ0) is 9.56. The molecule has 3 N–H and O–H groups in total. The molecule has 0 unspecified atom stereocenters. The maximum atomic E-state index is 10.8. The average Bonchev–Trinajstić information content (AvgIpc) is 2.00. The van der Waals surface area contributed by atoms with Crippen molar-refractivity contribution in [2.45, 2.75) is 0 Å². The summed E-state index contributed by atoms with van der Waals surface area (Å²) >= 11 is 0. The molecule has 5 nitrogen and oxygen atoms in total. The molecule has 0 fully saturated rings. The molecule has 0 atom stereocenters. The van der Waals surface area contributed by atoms with Gasteiger partial charge in [0, 0.05) is 13.1 Å². The highest BCUT2D eigenvalue weighted by Gasteiger charge is 2.03. The summed E-state index contributed by atoms with van der Waals surface area (Å²) in [5.74, 6) is 4.78. The van der Waals surface area contributed by atoms with Crippen molar-refractivity contribution in [3.05, 3.63) is 0 Å². The van der Waals surface area contributed by atoms with Gasteiger partial charge >= 0.3 is 0 Å². The third kappa shape index (κ3) is 6.09. The molecule has 0 saturated carbocycles. The molecule has 0 spiro atoms. The number of hydrogen-bond acceptors (Lipinski definition) is 4. The molecule has 0 aliphatic heterocycles. The molecule has 5 heteroatoms. The van der Waals surface area contributed by atoms with Crippen LogP contribution >= 0.6 is 0 Å². The van der Waals surface area contributed by atoms with E-state index in [1.807, 2.05) is 26.0 Å². The number of nitrogens with zero attached hydrogens (tertiary/aromatic N) is 2. The van der Waals surface area contributed by atoms with Crippen molar-refractivity contribution in [3.8, 4) is 0 Å². The Hall–Kier alpha value is -0.650. The molecule has 0 rings (SSSR count). The maximum Gasteiger partial charge on any atom is 0.248 e. The number of nitrogens with two attached hydrogens (primary N) is 1. The van der Waals surface area contributed by atoms with Gasteiger partial charge in [-0.1, -0.05) is 0 Å². The van der Waals surface area contributed by atoms with Crippen LogP contribution in [0.4, 0.5) is 0 Å². The molecular formula is C7H18N4O. The van der Waals surface area contributed by atoms with Gasteiger partial charge in [0.1, 0.15) is 0 Å². The maximum absolute atomic E-state index is 10.8. The van der Waals surface area contributed by atoms with Gasteiger partial charge in [-0.05, 0) is 21.1 Å². The van der Waals surface area contributed by atoms with E-state index in [9.17, 15) is 4.79 Å². The quantitative estimate of drug-likeness (QED) is 0.301. The van der Waals surface area contributed by atoms with Crippen LogP contribution in [-0.2, 0) is 4.79 Å². The monoisotopic (exact) mass is 174 g/mol. The van der Waals surface area contributed by atoms with E-state index < -0.39 is 0 Å². The fourth-order valence-electron chi connectivity index (χ4n) is 0.741. The summed E-state index contributed by atoms with van der Waals surface area (Å²) in [6.07, 6.45) is 0. The van der Waals surface area contributed by atoms with Crippen LogP contribution < -0.4 is 11.3 Å². The highest BCUT2D eigenvalue weighted by molar-refractivity contribution is 5.77. The van der Waals surface area contributed by atoms with Crippen molar-refractivity contribution in [3.63, 3.8) is 0 Å². The summed E-state index contributed by atoms with van der Waals surface area (Å²) in [6.45, 7) is 2.15. The number of likely N-dealkylation sites (N-methyl/N-ethyl adjacent to an activating group) is 2. The van der Waals surface area contributed by atoms with Crippen molar-refractivity contribution < 1.29 is 4.79 Å². The van der Waals surface area contributed by atoms with E-state index in [4.69, 9.17) is 5.84 Å². The molecule has 12 heavy (non-hydrogen) atoms. The first-order valence-electron chi connectivity index (χ1n) is 3.89. The Morgan fingerprint density at radius 3 is 2.33 bits per heavy atom. The highest BCUT2D eigenvalue weighted by atomic mass is 16.2. The second-order valence-electron chi connectivity index (χ2n) is 3.11. The van der Waals surface area contributed by atoms with E-state index in [0.29, 0.717) is 6.54 Å². The number of nitrogens with one attached hydrogen (secondary N) is 1. The van der Waals surface area contributed by atoms with E-state index >= 15 is 0 Å². The van der Waals surface area contributed by atoms with Crippen LogP contribution in [0.3, 0.4) is 0 Å². The molecule has 0 aromatic rings. The van der Waals surface area contributed by atoms with Crippen molar-refractivity contribution in [2.75, 3.05) is 40.8 Å². The standard InChI is InChI=1S/C7H18N4O/c1-10(2)4-5-11(3)6-7(12)9-8/h4-6,8H2,1-3H3,(H,9,12). The van der Waals surface area contributed by atoms with Crippen LogP contribution in [-0.4, -0.2) is 56.5 Å². The van der Waals surface area contributed by atoms with E-state index in [1.165, 1.54) is 0 Å². The van der Waals surface area contributed by atoms with Gasteiger partial charge in [0.2, 0.25) is 5.91 Å². The number of hydrogen-bond donors (Lipinski definition) is 2. The number of amides is 1. The van der Waals surface area contributed by atoms with Crippen LogP contribution in [0.25, 0.3) is 0 Å². The van der Waals surface area contributed by atoms with E-state index in [2.05, 4.69) is 10.3 Å². The van der Waals surface area contributed by atoms with Gasteiger partial charge in [-0.25, -0.2) is 5.84 Å². The summed E-state index contributed by atoms with van der Waals surface area (Å²) in [7, 11) is 5.88. The normalized spacial score (nSPS) is 10.8.